The molecule has 0 fully saturated rings. The van der Waals surface area contributed by atoms with Crippen LogP contribution >= 0.6 is 0 Å². The number of amides is 2. The summed E-state index contributed by atoms with van der Waals surface area (Å²) in [5.74, 6) is -0.338. The molecule has 0 saturated carbocycles. The van der Waals surface area contributed by atoms with Crippen molar-refractivity contribution in [1.29, 1.82) is 0 Å². The second-order valence-electron chi connectivity index (χ2n) is 6.10. The lowest BCUT2D eigenvalue weighted by atomic mass is 10.1. The Hall–Kier alpha value is -3.08. The number of hydrogen-bond donors (Lipinski definition) is 1. The Kier molecular flexibility index (Phi) is 5.07. The number of nitrogens with zero attached hydrogens (tertiary/aromatic N) is 1. The van der Waals surface area contributed by atoms with Crippen LogP contribution < -0.4 is 5.32 Å². The van der Waals surface area contributed by atoms with Gasteiger partial charge in [0.2, 0.25) is 5.76 Å². The molecular weight excluding hydrogens is 328 g/mol. The van der Waals surface area contributed by atoms with Gasteiger partial charge in [-0.3, -0.25) is 9.59 Å². The molecule has 0 spiro atoms. The van der Waals surface area contributed by atoms with Crippen LogP contribution in [-0.4, -0.2) is 29.8 Å². The van der Waals surface area contributed by atoms with Crippen LogP contribution in [0.3, 0.4) is 0 Å². The van der Waals surface area contributed by atoms with E-state index in [-0.39, 0.29) is 17.6 Å². The first-order valence-electron chi connectivity index (χ1n) is 8.74. The van der Waals surface area contributed by atoms with E-state index in [1.54, 1.807) is 17.0 Å². The minimum absolute atomic E-state index is 0.163. The number of hydrogen-bond acceptors (Lipinski definition) is 3. The van der Waals surface area contributed by atoms with Crippen molar-refractivity contribution in [3.8, 4) is 0 Å². The average molecular weight is 350 g/mol. The number of benzene rings is 2. The third-order valence-corrected chi connectivity index (χ3v) is 4.36. The number of carbonyl (C=O) groups is 2. The Bertz CT molecular complexity index is 955. The first kappa shape index (κ1) is 17.7. The normalized spacial score (nSPS) is 10.7. The number of rotatable bonds is 5. The van der Waals surface area contributed by atoms with E-state index >= 15 is 0 Å². The van der Waals surface area contributed by atoms with Crippen LogP contribution in [0, 0.1) is 6.92 Å². The van der Waals surface area contributed by atoms with Crippen LogP contribution in [0.4, 0.5) is 5.69 Å². The van der Waals surface area contributed by atoms with Gasteiger partial charge >= 0.3 is 0 Å². The molecule has 0 saturated heterocycles. The minimum atomic E-state index is -0.270. The summed E-state index contributed by atoms with van der Waals surface area (Å²) in [5, 5.41) is 3.59. The summed E-state index contributed by atoms with van der Waals surface area (Å²) >= 11 is 0. The maximum Gasteiger partial charge on any atom is 0.291 e. The van der Waals surface area contributed by atoms with Gasteiger partial charge in [-0.05, 0) is 45.0 Å². The number of furan rings is 1. The molecule has 2 aromatic carbocycles. The SMILES string of the molecule is CCN(CC)C(=O)c1oc2ccccc2c1NC(=O)c1cccc(C)c1. The highest BCUT2D eigenvalue weighted by atomic mass is 16.3. The van der Waals surface area contributed by atoms with Gasteiger partial charge in [-0.1, -0.05) is 29.8 Å². The maximum atomic E-state index is 12.9. The Morgan fingerprint density at radius 1 is 1.04 bits per heavy atom. The second kappa shape index (κ2) is 7.44. The van der Waals surface area contributed by atoms with E-state index in [1.807, 2.05) is 57.2 Å². The Morgan fingerprint density at radius 3 is 2.46 bits per heavy atom. The van der Waals surface area contributed by atoms with E-state index in [1.165, 1.54) is 0 Å². The van der Waals surface area contributed by atoms with E-state index in [0.29, 0.717) is 35.3 Å². The standard InChI is InChI=1S/C21H22N2O3/c1-4-23(5-2)21(25)19-18(16-11-6-7-12-17(16)26-19)22-20(24)15-10-8-9-14(3)13-15/h6-13H,4-5H2,1-3H3,(H,22,24). The van der Waals surface area contributed by atoms with Crippen molar-refractivity contribution < 1.29 is 14.0 Å². The van der Waals surface area contributed by atoms with Crippen LogP contribution in [0.25, 0.3) is 11.0 Å². The summed E-state index contributed by atoms with van der Waals surface area (Å²) < 4.78 is 5.80. The predicted molar refractivity (Wildman–Crippen MR) is 103 cm³/mol. The van der Waals surface area contributed by atoms with E-state index in [9.17, 15) is 9.59 Å². The average Bonchev–Trinajstić information content (AvgIpc) is 3.01. The van der Waals surface area contributed by atoms with Gasteiger partial charge < -0.3 is 14.6 Å². The van der Waals surface area contributed by atoms with Crippen molar-refractivity contribution in [2.45, 2.75) is 20.8 Å². The van der Waals surface area contributed by atoms with Crippen molar-refractivity contribution in [3.63, 3.8) is 0 Å². The highest BCUT2D eigenvalue weighted by Gasteiger charge is 2.25. The molecule has 0 radical (unpaired) electrons. The first-order valence-corrected chi connectivity index (χ1v) is 8.74. The topological polar surface area (TPSA) is 62.6 Å². The molecular formula is C21H22N2O3. The summed E-state index contributed by atoms with van der Waals surface area (Å²) in [7, 11) is 0. The minimum Gasteiger partial charge on any atom is -0.449 e. The van der Waals surface area contributed by atoms with Gasteiger partial charge in [0.1, 0.15) is 11.3 Å². The molecule has 2 amide bonds. The molecule has 26 heavy (non-hydrogen) atoms. The van der Waals surface area contributed by atoms with Gasteiger partial charge in [-0.2, -0.15) is 0 Å². The summed E-state index contributed by atoms with van der Waals surface area (Å²) in [6.07, 6.45) is 0. The van der Waals surface area contributed by atoms with Gasteiger partial charge in [0.15, 0.2) is 0 Å². The molecule has 1 aromatic heterocycles. The van der Waals surface area contributed by atoms with Crippen molar-refractivity contribution in [3.05, 3.63) is 65.4 Å². The van der Waals surface area contributed by atoms with Crippen molar-refractivity contribution in [1.82, 2.24) is 4.90 Å². The molecule has 3 aromatic rings. The molecule has 5 nitrogen and oxygen atoms in total. The molecule has 1 N–H and O–H groups in total. The first-order chi connectivity index (χ1) is 12.5. The third kappa shape index (κ3) is 3.33. The molecule has 0 aliphatic rings. The van der Waals surface area contributed by atoms with Gasteiger partial charge in [0.25, 0.3) is 11.8 Å². The molecule has 3 rings (SSSR count). The second-order valence-corrected chi connectivity index (χ2v) is 6.10. The number of aryl methyl sites for hydroxylation is 1. The highest BCUT2D eigenvalue weighted by Crippen LogP contribution is 2.32. The number of nitrogens with one attached hydrogen (secondary N) is 1. The number of para-hydroxylation sites is 1. The zero-order chi connectivity index (χ0) is 18.7. The van der Waals surface area contributed by atoms with Crippen LogP contribution in [0.15, 0.2) is 52.9 Å². The van der Waals surface area contributed by atoms with Gasteiger partial charge in [0, 0.05) is 24.0 Å². The number of fused-ring (bicyclic) bond motifs is 1. The monoisotopic (exact) mass is 350 g/mol. The Morgan fingerprint density at radius 2 is 1.77 bits per heavy atom. The van der Waals surface area contributed by atoms with Gasteiger partial charge in [-0.25, -0.2) is 0 Å². The lowest BCUT2D eigenvalue weighted by molar-refractivity contribution is 0.0745. The lowest BCUT2D eigenvalue weighted by Crippen LogP contribution is -2.31. The molecule has 5 heteroatoms. The largest absolute Gasteiger partial charge is 0.449 e. The zero-order valence-corrected chi connectivity index (χ0v) is 15.2. The number of carbonyl (C=O) groups excluding carboxylic acids is 2. The predicted octanol–water partition coefficient (Wildman–Crippen LogP) is 4.48. The lowest BCUT2D eigenvalue weighted by Gasteiger charge is -2.17. The smallest absolute Gasteiger partial charge is 0.291 e. The summed E-state index contributed by atoms with van der Waals surface area (Å²) in [6.45, 7) is 6.89. The molecule has 1 heterocycles. The number of anilines is 1. The van der Waals surface area contributed by atoms with E-state index in [2.05, 4.69) is 5.32 Å². The summed E-state index contributed by atoms with van der Waals surface area (Å²) in [5.41, 5.74) is 2.53. The Labute approximate surface area is 152 Å². The van der Waals surface area contributed by atoms with E-state index < -0.39 is 0 Å². The molecule has 0 aliphatic carbocycles. The van der Waals surface area contributed by atoms with Crippen LogP contribution in [0.2, 0.25) is 0 Å². The van der Waals surface area contributed by atoms with Crippen LogP contribution in [0.1, 0.15) is 40.3 Å². The zero-order valence-electron chi connectivity index (χ0n) is 15.2. The highest BCUT2D eigenvalue weighted by molar-refractivity contribution is 6.14. The van der Waals surface area contributed by atoms with E-state index in [4.69, 9.17) is 4.42 Å². The van der Waals surface area contributed by atoms with Gasteiger partial charge in [0.05, 0.1) is 0 Å². The molecule has 134 valence electrons. The van der Waals surface area contributed by atoms with Crippen LogP contribution in [-0.2, 0) is 0 Å². The fourth-order valence-electron chi connectivity index (χ4n) is 2.95. The third-order valence-electron chi connectivity index (χ3n) is 4.36. The summed E-state index contributed by atoms with van der Waals surface area (Å²) in [4.78, 5) is 27.2. The molecule has 0 atom stereocenters. The molecule has 0 aliphatic heterocycles. The quantitative estimate of drug-likeness (QED) is 0.738. The van der Waals surface area contributed by atoms with Crippen molar-refractivity contribution in [2.75, 3.05) is 18.4 Å². The Balaban J connectivity index is 2.04. The van der Waals surface area contributed by atoms with E-state index in [0.717, 1.165) is 5.56 Å². The van der Waals surface area contributed by atoms with Gasteiger partial charge in [-0.15, -0.1) is 0 Å². The molecule has 0 bridgehead atoms. The fourth-order valence-corrected chi connectivity index (χ4v) is 2.95. The maximum absolute atomic E-state index is 12.9. The summed E-state index contributed by atoms with van der Waals surface area (Å²) in [6, 6.07) is 14.6. The van der Waals surface area contributed by atoms with Crippen molar-refractivity contribution in [2.24, 2.45) is 0 Å². The van der Waals surface area contributed by atoms with Crippen LogP contribution in [0.5, 0.6) is 0 Å². The fraction of sp³-hybridized carbons (Fsp3) is 0.238. The van der Waals surface area contributed by atoms with Crippen molar-refractivity contribution >= 4 is 28.5 Å². The molecule has 0 unspecified atom stereocenters.